The number of hydrogen-bond donors (Lipinski definition) is 1. The first kappa shape index (κ1) is 15.4. The first-order chi connectivity index (χ1) is 9.88. The van der Waals surface area contributed by atoms with Crippen LogP contribution in [-0.2, 0) is 16.0 Å². The van der Waals surface area contributed by atoms with Crippen LogP contribution in [0.25, 0.3) is 0 Å². The first-order valence-corrected chi connectivity index (χ1v) is 7.12. The van der Waals surface area contributed by atoms with Crippen LogP contribution in [0, 0.1) is 13.8 Å². The Morgan fingerprint density at radius 2 is 2.00 bits per heavy atom. The fraction of sp³-hybridized carbons (Fsp3) is 0.500. The van der Waals surface area contributed by atoms with Crippen molar-refractivity contribution in [1.82, 2.24) is 4.90 Å². The van der Waals surface area contributed by atoms with E-state index < -0.39 is 12.1 Å². The van der Waals surface area contributed by atoms with E-state index in [4.69, 9.17) is 9.84 Å². The monoisotopic (exact) mass is 291 g/mol. The van der Waals surface area contributed by atoms with E-state index in [1.165, 1.54) is 5.56 Å². The highest BCUT2D eigenvalue weighted by Gasteiger charge is 2.31. The summed E-state index contributed by atoms with van der Waals surface area (Å²) in [4.78, 5) is 24.4. The van der Waals surface area contributed by atoms with E-state index >= 15 is 0 Å². The van der Waals surface area contributed by atoms with Crippen LogP contribution in [0.5, 0.6) is 5.75 Å². The van der Waals surface area contributed by atoms with E-state index in [1.54, 1.807) is 11.9 Å². The van der Waals surface area contributed by atoms with E-state index in [-0.39, 0.29) is 12.3 Å². The topological polar surface area (TPSA) is 66.8 Å². The fourth-order valence-corrected chi connectivity index (χ4v) is 2.47. The van der Waals surface area contributed by atoms with Gasteiger partial charge in [-0.05, 0) is 43.0 Å². The summed E-state index contributed by atoms with van der Waals surface area (Å²) in [5.74, 6) is -0.145. The summed E-state index contributed by atoms with van der Waals surface area (Å²) in [6.07, 6.45) is 0.617. The number of ether oxygens (including phenoxy) is 1. The number of hydrogen-bond acceptors (Lipinski definition) is 3. The van der Waals surface area contributed by atoms with E-state index in [2.05, 4.69) is 6.07 Å². The number of aryl methyl sites for hydroxylation is 2. The number of fused-ring (bicyclic) bond motifs is 1. The summed E-state index contributed by atoms with van der Waals surface area (Å²) in [6, 6.07) is 4.05. The van der Waals surface area contributed by atoms with Crippen molar-refractivity contribution in [2.75, 3.05) is 13.6 Å². The first-order valence-electron chi connectivity index (χ1n) is 7.12. The number of carbonyl (C=O) groups is 2. The Labute approximate surface area is 124 Å². The van der Waals surface area contributed by atoms with Gasteiger partial charge in [0.1, 0.15) is 5.75 Å². The normalized spacial score (nSPS) is 16.2. The van der Waals surface area contributed by atoms with Crippen molar-refractivity contribution in [3.63, 3.8) is 0 Å². The molecular formula is C16H21NO4. The van der Waals surface area contributed by atoms with Gasteiger partial charge < -0.3 is 14.7 Å². The van der Waals surface area contributed by atoms with Gasteiger partial charge in [-0.15, -0.1) is 0 Å². The summed E-state index contributed by atoms with van der Waals surface area (Å²) in [7, 11) is 1.69. The summed E-state index contributed by atoms with van der Waals surface area (Å²) < 4.78 is 5.75. The Bertz CT molecular complexity index is 537. The van der Waals surface area contributed by atoms with Crippen molar-refractivity contribution >= 4 is 11.9 Å². The molecule has 0 fully saturated rings. The zero-order chi connectivity index (χ0) is 15.6. The van der Waals surface area contributed by atoms with Gasteiger partial charge in [-0.3, -0.25) is 9.59 Å². The van der Waals surface area contributed by atoms with E-state index in [0.29, 0.717) is 19.4 Å². The molecule has 0 aliphatic carbocycles. The van der Waals surface area contributed by atoms with Gasteiger partial charge in [0.2, 0.25) is 0 Å². The van der Waals surface area contributed by atoms with Crippen LogP contribution in [0.15, 0.2) is 12.1 Å². The molecule has 1 N–H and O–H groups in total. The number of rotatable bonds is 5. The van der Waals surface area contributed by atoms with Gasteiger partial charge in [0.25, 0.3) is 5.91 Å². The van der Waals surface area contributed by atoms with Gasteiger partial charge in [-0.25, -0.2) is 0 Å². The van der Waals surface area contributed by atoms with Gasteiger partial charge in [-0.2, -0.15) is 0 Å². The molecule has 0 bridgehead atoms. The number of nitrogens with zero attached hydrogens (tertiary/aromatic N) is 1. The third-order valence-corrected chi connectivity index (χ3v) is 3.89. The molecule has 5 heteroatoms. The van der Waals surface area contributed by atoms with Crippen molar-refractivity contribution in [2.45, 2.75) is 39.2 Å². The Balaban J connectivity index is 1.95. The molecule has 0 saturated carbocycles. The zero-order valence-corrected chi connectivity index (χ0v) is 12.7. The largest absolute Gasteiger partial charge is 0.481 e. The molecule has 1 aromatic rings. The minimum absolute atomic E-state index is 0.0712. The van der Waals surface area contributed by atoms with Crippen LogP contribution in [-0.4, -0.2) is 41.6 Å². The fourth-order valence-electron chi connectivity index (χ4n) is 2.47. The predicted molar refractivity (Wildman–Crippen MR) is 78.5 cm³/mol. The van der Waals surface area contributed by atoms with Gasteiger partial charge >= 0.3 is 5.97 Å². The predicted octanol–water partition coefficient (Wildman–Crippen LogP) is 1.93. The Hall–Kier alpha value is -2.04. The van der Waals surface area contributed by atoms with Crippen molar-refractivity contribution in [3.05, 3.63) is 28.8 Å². The van der Waals surface area contributed by atoms with E-state index in [9.17, 15) is 9.59 Å². The highest BCUT2D eigenvalue weighted by molar-refractivity contribution is 5.82. The minimum Gasteiger partial charge on any atom is -0.481 e. The standard InChI is InChI=1S/C16H21NO4/c1-10-7-12-9-14(21-13(12)8-11(10)2)16(20)17(3)6-4-5-15(18)19/h7-8,14H,4-6,9H2,1-3H3,(H,18,19). The number of amides is 1. The molecular weight excluding hydrogens is 270 g/mol. The highest BCUT2D eigenvalue weighted by Crippen LogP contribution is 2.32. The van der Waals surface area contributed by atoms with Crippen LogP contribution in [0.1, 0.15) is 29.5 Å². The van der Waals surface area contributed by atoms with Crippen LogP contribution in [0.2, 0.25) is 0 Å². The van der Waals surface area contributed by atoms with E-state index in [1.807, 2.05) is 19.9 Å². The molecule has 0 saturated heterocycles. The summed E-state index contributed by atoms with van der Waals surface area (Å²) in [6.45, 7) is 4.49. The number of aliphatic carboxylic acids is 1. The minimum atomic E-state index is -0.841. The van der Waals surface area contributed by atoms with Crippen molar-refractivity contribution in [3.8, 4) is 5.75 Å². The Morgan fingerprint density at radius 1 is 1.33 bits per heavy atom. The van der Waals surface area contributed by atoms with Crippen LogP contribution < -0.4 is 4.74 Å². The molecule has 1 atom stereocenters. The third-order valence-electron chi connectivity index (χ3n) is 3.89. The highest BCUT2D eigenvalue weighted by atomic mass is 16.5. The van der Waals surface area contributed by atoms with Gasteiger partial charge in [0.15, 0.2) is 6.10 Å². The summed E-state index contributed by atoms with van der Waals surface area (Å²) in [5, 5.41) is 8.62. The van der Waals surface area contributed by atoms with Crippen molar-refractivity contribution in [1.29, 1.82) is 0 Å². The lowest BCUT2D eigenvalue weighted by atomic mass is 10.0. The maximum Gasteiger partial charge on any atom is 0.303 e. The lowest BCUT2D eigenvalue weighted by Crippen LogP contribution is -2.39. The molecule has 0 spiro atoms. The molecule has 5 nitrogen and oxygen atoms in total. The van der Waals surface area contributed by atoms with Gasteiger partial charge in [0, 0.05) is 26.4 Å². The zero-order valence-electron chi connectivity index (χ0n) is 12.7. The van der Waals surface area contributed by atoms with Gasteiger partial charge in [0.05, 0.1) is 0 Å². The average molecular weight is 291 g/mol. The number of likely N-dealkylation sites (N-methyl/N-ethyl adjacent to an activating group) is 1. The number of benzene rings is 1. The number of carboxylic acids is 1. The number of carboxylic acid groups (broad SMARTS) is 1. The van der Waals surface area contributed by atoms with Crippen molar-refractivity contribution < 1.29 is 19.4 Å². The molecule has 0 radical (unpaired) electrons. The van der Waals surface area contributed by atoms with Crippen LogP contribution >= 0.6 is 0 Å². The lowest BCUT2D eigenvalue weighted by Gasteiger charge is -2.20. The molecule has 21 heavy (non-hydrogen) atoms. The molecule has 1 aliphatic rings. The second-order valence-electron chi connectivity index (χ2n) is 5.61. The summed E-state index contributed by atoms with van der Waals surface area (Å²) >= 11 is 0. The smallest absolute Gasteiger partial charge is 0.303 e. The third kappa shape index (κ3) is 3.54. The van der Waals surface area contributed by atoms with Crippen LogP contribution in [0.4, 0.5) is 0 Å². The average Bonchev–Trinajstić information content (AvgIpc) is 2.80. The maximum absolute atomic E-state index is 12.3. The maximum atomic E-state index is 12.3. The molecule has 0 aromatic heterocycles. The Morgan fingerprint density at radius 3 is 2.67 bits per heavy atom. The molecule has 2 rings (SSSR count). The lowest BCUT2D eigenvalue weighted by molar-refractivity contribution is -0.139. The summed E-state index contributed by atoms with van der Waals surface area (Å²) in [5.41, 5.74) is 3.41. The molecule has 1 aromatic carbocycles. The van der Waals surface area contributed by atoms with E-state index in [0.717, 1.165) is 16.9 Å². The molecule has 1 amide bonds. The quantitative estimate of drug-likeness (QED) is 0.900. The second-order valence-corrected chi connectivity index (χ2v) is 5.61. The molecule has 1 heterocycles. The number of carbonyl (C=O) groups excluding carboxylic acids is 1. The molecule has 114 valence electrons. The SMILES string of the molecule is Cc1cc2c(cc1C)OC(C(=O)N(C)CCCC(=O)O)C2. The Kier molecular flexibility index (Phi) is 4.50. The van der Waals surface area contributed by atoms with Gasteiger partial charge in [-0.1, -0.05) is 6.07 Å². The van der Waals surface area contributed by atoms with Crippen LogP contribution in [0.3, 0.4) is 0 Å². The molecule has 1 unspecified atom stereocenters. The second kappa shape index (κ2) is 6.16. The van der Waals surface area contributed by atoms with Crippen molar-refractivity contribution in [2.24, 2.45) is 0 Å². The molecule has 1 aliphatic heterocycles.